The predicted octanol–water partition coefficient (Wildman–Crippen LogP) is 7.11. The summed E-state index contributed by atoms with van der Waals surface area (Å²) in [6.45, 7) is 42.4. The number of carboxylic acid groups (broad SMARTS) is 1. The third-order valence-corrected chi connectivity index (χ3v) is 12.9. The zero-order chi connectivity index (χ0) is 52.3. The molecule has 3 heterocycles. The van der Waals surface area contributed by atoms with Gasteiger partial charge in [0.05, 0.1) is 4.75 Å². The lowest BCUT2D eigenvalue weighted by Crippen LogP contribution is -2.26. The molecule has 1 aliphatic heterocycles. The van der Waals surface area contributed by atoms with Gasteiger partial charge in [-0.1, -0.05) is 125 Å². The summed E-state index contributed by atoms with van der Waals surface area (Å²) >= 11 is 0. The van der Waals surface area contributed by atoms with E-state index in [0.29, 0.717) is 18.4 Å². The van der Waals surface area contributed by atoms with Crippen LogP contribution in [0, 0.1) is 11.3 Å². The summed E-state index contributed by atoms with van der Waals surface area (Å²) in [7, 11) is -6.89. The average Bonchev–Trinajstić information content (AvgIpc) is 3.82. The number of tetrazole rings is 2. The Bertz CT molecular complexity index is 1930. The fourth-order valence-electron chi connectivity index (χ4n) is 2.33. The zero-order valence-electron chi connectivity index (χ0n) is 43.3. The number of rotatable bonds is 5. The Morgan fingerprint density at radius 2 is 1.20 bits per heavy atom. The molecule has 0 aliphatic carbocycles. The van der Waals surface area contributed by atoms with Gasteiger partial charge < -0.3 is 20.0 Å². The summed E-state index contributed by atoms with van der Waals surface area (Å²) in [6, 6.07) is 0. The second-order valence-electron chi connectivity index (χ2n) is 21.4. The van der Waals surface area contributed by atoms with E-state index < -0.39 is 40.2 Å². The highest BCUT2D eigenvalue weighted by Crippen LogP contribution is 2.49. The molecular weight excluding hydrogens is 880 g/mol. The van der Waals surface area contributed by atoms with E-state index in [-0.39, 0.29) is 53.6 Å². The maximum atomic E-state index is 10.9. The number of aliphatic carboxylic acids is 1. The van der Waals surface area contributed by atoms with E-state index in [1.807, 2.05) is 62.3 Å². The van der Waals surface area contributed by atoms with Gasteiger partial charge in [-0.3, -0.25) is 18.9 Å². The fourth-order valence-corrected chi connectivity index (χ4v) is 2.33. The van der Waals surface area contributed by atoms with Gasteiger partial charge in [0.2, 0.25) is 7.37 Å². The summed E-state index contributed by atoms with van der Waals surface area (Å²) in [4.78, 5) is 45.6. The fraction of sp³-hybridized carbons (Fsp3) is 0.854. The number of nitrogens with zero attached hydrogens (tertiary/aromatic N) is 11. The van der Waals surface area contributed by atoms with Crippen LogP contribution in [0.15, 0.2) is 15.2 Å². The lowest BCUT2D eigenvalue weighted by Gasteiger charge is -2.21. The number of azo groups is 1. The molecular formula is C41H87BN11O10PS. The first-order valence-electron chi connectivity index (χ1n) is 20.5. The van der Waals surface area contributed by atoms with Gasteiger partial charge in [0.25, 0.3) is 0 Å². The number of ketones is 2. The van der Waals surface area contributed by atoms with Gasteiger partial charge >= 0.3 is 13.1 Å². The van der Waals surface area contributed by atoms with Gasteiger partial charge in [-0.15, -0.1) is 20.4 Å². The molecule has 0 aromatic carbocycles. The minimum Gasteiger partial charge on any atom is -0.480 e. The van der Waals surface area contributed by atoms with Crippen LogP contribution in [0.5, 0.6) is 0 Å². The van der Waals surface area contributed by atoms with Crippen LogP contribution >= 0.6 is 7.37 Å². The van der Waals surface area contributed by atoms with Crippen molar-refractivity contribution in [2.45, 2.75) is 199 Å². The van der Waals surface area contributed by atoms with Gasteiger partial charge in [-0.25, -0.2) is 18.1 Å². The number of hydrogen-bond acceptors (Lipinski definition) is 17. The lowest BCUT2D eigenvalue weighted by molar-refractivity contribution is -0.138. The number of carbonyl (C=O) groups excluding carboxylic acids is 2. The van der Waals surface area contributed by atoms with Crippen LogP contribution in [-0.2, 0) is 52.7 Å². The molecule has 0 fully saturated rings. The number of aromatic nitrogens is 8. The van der Waals surface area contributed by atoms with Crippen molar-refractivity contribution < 1.29 is 47.4 Å². The van der Waals surface area contributed by atoms with E-state index >= 15 is 0 Å². The predicted molar refractivity (Wildman–Crippen MR) is 260 cm³/mol. The normalized spacial score (nSPS) is 13.5. The molecule has 0 bridgehead atoms. The van der Waals surface area contributed by atoms with Gasteiger partial charge in [0.15, 0.2) is 40.5 Å². The number of sulfone groups is 1. The van der Waals surface area contributed by atoms with E-state index in [4.69, 9.17) is 20.0 Å². The highest BCUT2D eigenvalue weighted by atomic mass is 32.2. The molecule has 0 saturated heterocycles. The monoisotopic (exact) mass is 968 g/mol. The molecule has 0 radical (unpaired) electrons. The lowest BCUT2D eigenvalue weighted by atomic mass is 9.62. The van der Waals surface area contributed by atoms with Crippen LogP contribution in [-0.4, -0.2) is 129 Å². The Labute approximate surface area is 391 Å². The molecule has 1 atom stereocenters. The second-order valence-corrected chi connectivity index (χ2v) is 27.3. The summed E-state index contributed by atoms with van der Waals surface area (Å²) in [5, 5.41) is 54.5. The third-order valence-electron chi connectivity index (χ3n) is 8.15. The first-order valence-corrected chi connectivity index (χ1v) is 24.5. The Morgan fingerprint density at radius 1 is 0.800 bits per heavy atom. The molecule has 1 unspecified atom stereocenters. The molecule has 1 aliphatic rings. The second kappa shape index (κ2) is 28.5. The maximum Gasteiger partial charge on any atom is 0.457 e. The van der Waals surface area contributed by atoms with Crippen LogP contribution in [0.2, 0.25) is 5.31 Å². The molecule has 4 N–H and O–H groups in total. The van der Waals surface area contributed by atoms with Gasteiger partial charge in [-0.2, -0.15) is 9.91 Å². The molecule has 2 aromatic heterocycles. The van der Waals surface area contributed by atoms with Gasteiger partial charge in [0.1, 0.15) is 18.2 Å². The largest absolute Gasteiger partial charge is 0.480 e. The van der Waals surface area contributed by atoms with Crippen molar-refractivity contribution in [3.8, 4) is 0 Å². The van der Waals surface area contributed by atoms with E-state index in [1.165, 1.54) is 19.8 Å². The van der Waals surface area contributed by atoms with E-state index in [0.717, 1.165) is 16.5 Å². The van der Waals surface area contributed by atoms with Crippen molar-refractivity contribution in [1.82, 2.24) is 40.4 Å². The van der Waals surface area contributed by atoms with Crippen LogP contribution in [0.4, 0.5) is 0 Å². The minimum absolute atomic E-state index is 0. The van der Waals surface area contributed by atoms with Crippen molar-refractivity contribution in [1.29, 1.82) is 0 Å². The SMILES string of the molecule is C.CC(=O)C(C)(C)C.CC(=O)Cn1nnnc1C(C)(C)C.CC(C)(C)B(O)O.CC(C)(C)P(C)(=O)O.CC(C)(C)S(C)(=O)=O.CC(C)(C)c1nnn(CC(=O)O)n1.CC(C)C1=NCN=N1. The van der Waals surface area contributed by atoms with E-state index in [1.54, 1.807) is 73.9 Å². The number of aliphatic imine (C=N–C) groups is 1. The van der Waals surface area contributed by atoms with Crippen LogP contribution < -0.4 is 0 Å². The molecule has 0 amide bonds. The first-order chi connectivity index (χ1) is 28.0. The van der Waals surface area contributed by atoms with Crippen LogP contribution in [0.25, 0.3) is 0 Å². The Balaban J connectivity index is -0.000000219. The molecule has 380 valence electrons. The molecule has 65 heavy (non-hydrogen) atoms. The van der Waals surface area contributed by atoms with Crippen molar-refractivity contribution >= 4 is 47.7 Å². The van der Waals surface area contributed by atoms with Crippen LogP contribution in [0.3, 0.4) is 0 Å². The van der Waals surface area contributed by atoms with E-state index in [9.17, 15) is 27.4 Å². The highest BCUT2D eigenvalue weighted by molar-refractivity contribution is 7.92. The summed E-state index contributed by atoms with van der Waals surface area (Å²) in [6.07, 6.45) is 1.24. The quantitative estimate of drug-likeness (QED) is 0.171. The van der Waals surface area contributed by atoms with Crippen LogP contribution in [0.1, 0.15) is 171 Å². The summed E-state index contributed by atoms with van der Waals surface area (Å²) in [5.74, 6) is 1.92. The molecule has 0 spiro atoms. The molecule has 21 nitrogen and oxygen atoms in total. The number of amidine groups is 1. The zero-order valence-corrected chi connectivity index (χ0v) is 45.0. The van der Waals surface area contributed by atoms with Crippen molar-refractivity contribution in [2.75, 3.05) is 19.6 Å². The molecule has 24 heteroatoms. The molecule has 0 saturated carbocycles. The Hall–Kier alpha value is -3.66. The topological polar surface area (TPSA) is 308 Å². The number of carbonyl (C=O) groups is 3. The number of hydrogen-bond donors (Lipinski definition) is 4. The average molecular weight is 968 g/mol. The van der Waals surface area contributed by atoms with Crippen molar-refractivity contribution in [2.24, 2.45) is 26.6 Å². The number of carboxylic acids is 1. The molecule has 3 rings (SSSR count). The Kier molecular flexibility index (Phi) is 30.9. The minimum atomic E-state index is -2.85. The standard InChI is InChI=1S/C8H14N4O.C7H12N4O2.C6H12O.C5H9N3.C5H13O2P.C5H12O2S.C4H11BO2.CH4/c1-6(13)5-12-7(8(2,3)4)9-10-11-12;1-7(2,3)6-8-10-11(9-6)4-5(12)13;1-5(7)6(2,3)4;1-4(2)5-6-3-7-8-5;2*1-5(2,3)8(4,6)7;1-4(2,3)5(6)7;/h5H2,1-4H3;4H2,1-3H3,(H,12,13);1-4H3;4H,3H2,1-2H3;1-4H3,(H,6,7);1-4H3;6-7H,1-3H3;1H4. The summed E-state index contributed by atoms with van der Waals surface area (Å²) < 4.78 is 33.1. The van der Waals surface area contributed by atoms with Gasteiger partial charge in [0, 0.05) is 40.2 Å². The summed E-state index contributed by atoms with van der Waals surface area (Å²) in [5.41, 5.74) is -0.463. The third kappa shape index (κ3) is 35.2. The molecule has 2 aromatic rings. The maximum absolute atomic E-state index is 10.9. The Morgan fingerprint density at radius 3 is 1.40 bits per heavy atom. The van der Waals surface area contributed by atoms with Crippen molar-refractivity contribution in [3.63, 3.8) is 0 Å². The smallest absolute Gasteiger partial charge is 0.457 e. The number of Topliss-reactive ketones (excluding diaryl/α,β-unsaturated/α-hetero) is 2. The highest BCUT2D eigenvalue weighted by Gasteiger charge is 2.29. The first kappa shape index (κ1) is 70.4. The van der Waals surface area contributed by atoms with Gasteiger partial charge in [-0.05, 0) is 55.6 Å². The van der Waals surface area contributed by atoms with E-state index in [2.05, 4.69) is 60.0 Å². The van der Waals surface area contributed by atoms with Crippen molar-refractivity contribution in [3.05, 3.63) is 11.6 Å².